The van der Waals surface area contributed by atoms with E-state index in [1.807, 2.05) is 24.3 Å². The zero-order valence-corrected chi connectivity index (χ0v) is 14.2. The summed E-state index contributed by atoms with van der Waals surface area (Å²) in [5.41, 5.74) is 1.42. The molecule has 2 aromatic carbocycles. The minimum absolute atomic E-state index is 0.369. The van der Waals surface area contributed by atoms with Crippen molar-refractivity contribution in [1.29, 1.82) is 5.26 Å². The predicted octanol–water partition coefficient (Wildman–Crippen LogP) is 3.73. The molecule has 0 bridgehead atoms. The minimum Gasteiger partial charge on any atom is -0.497 e. The predicted molar refractivity (Wildman–Crippen MR) is 95.0 cm³/mol. The van der Waals surface area contributed by atoms with E-state index in [9.17, 15) is 5.26 Å². The van der Waals surface area contributed by atoms with E-state index in [1.165, 1.54) is 0 Å². The normalized spacial score (nSPS) is 9.92. The fraction of sp³-hybridized carbons (Fsp3) is 0.250. The second kappa shape index (κ2) is 10.0. The van der Waals surface area contributed by atoms with Crippen LogP contribution in [0.15, 0.2) is 55.1 Å². The molecule has 0 fully saturated rings. The molecular weight excluding hydrogens is 318 g/mol. The third kappa shape index (κ3) is 5.87. The quantitative estimate of drug-likeness (QED) is 0.487. The molecule has 0 heterocycles. The monoisotopic (exact) mass is 339 g/mol. The van der Waals surface area contributed by atoms with Crippen LogP contribution in [0.4, 0.5) is 0 Å². The van der Waals surface area contributed by atoms with Crippen molar-refractivity contribution < 1.29 is 18.9 Å². The van der Waals surface area contributed by atoms with Gasteiger partial charge in [-0.25, -0.2) is 0 Å². The largest absolute Gasteiger partial charge is 0.497 e. The summed E-state index contributed by atoms with van der Waals surface area (Å²) in [5.74, 6) is 1.92. The molecule has 0 saturated heterocycles. The Morgan fingerprint density at radius 1 is 1.04 bits per heavy atom. The van der Waals surface area contributed by atoms with Crippen LogP contribution in [0.5, 0.6) is 17.2 Å². The maximum absolute atomic E-state index is 9.31. The number of nitrogens with zero attached hydrogens (tertiary/aromatic N) is 1. The first-order valence-electron chi connectivity index (χ1n) is 7.88. The van der Waals surface area contributed by atoms with Crippen molar-refractivity contribution in [3.8, 4) is 23.3 Å². The average molecular weight is 339 g/mol. The molecule has 2 aromatic rings. The van der Waals surface area contributed by atoms with Crippen molar-refractivity contribution in [1.82, 2.24) is 0 Å². The third-order valence-electron chi connectivity index (χ3n) is 3.36. The highest BCUT2D eigenvalue weighted by atomic mass is 16.5. The molecule has 5 heteroatoms. The molecule has 0 aliphatic rings. The van der Waals surface area contributed by atoms with Gasteiger partial charge in [0.2, 0.25) is 0 Å². The van der Waals surface area contributed by atoms with Gasteiger partial charge in [0.05, 0.1) is 25.9 Å². The van der Waals surface area contributed by atoms with Crippen LogP contribution in [0, 0.1) is 11.3 Å². The lowest BCUT2D eigenvalue weighted by Crippen LogP contribution is -2.06. The zero-order chi connectivity index (χ0) is 17.9. The van der Waals surface area contributed by atoms with Crippen LogP contribution >= 0.6 is 0 Å². The summed E-state index contributed by atoms with van der Waals surface area (Å²) in [6, 6.07) is 14.9. The van der Waals surface area contributed by atoms with Crippen LogP contribution in [-0.2, 0) is 11.3 Å². The van der Waals surface area contributed by atoms with E-state index in [0.717, 1.165) is 11.3 Å². The van der Waals surface area contributed by atoms with Crippen LogP contribution in [0.1, 0.15) is 11.1 Å². The molecular formula is C20H21NO4. The SMILES string of the molecule is C=CCOCCOc1ccc(OCc2ccc(OC)cc2)c(C#N)c1. The van der Waals surface area contributed by atoms with Gasteiger partial charge in [-0.1, -0.05) is 18.2 Å². The average Bonchev–Trinajstić information content (AvgIpc) is 2.67. The Morgan fingerprint density at radius 2 is 1.80 bits per heavy atom. The van der Waals surface area contributed by atoms with Gasteiger partial charge in [-0.2, -0.15) is 5.26 Å². The van der Waals surface area contributed by atoms with E-state index in [4.69, 9.17) is 18.9 Å². The zero-order valence-electron chi connectivity index (χ0n) is 14.2. The Kier molecular flexibility index (Phi) is 7.36. The number of benzene rings is 2. The summed E-state index contributed by atoms with van der Waals surface area (Å²) >= 11 is 0. The van der Waals surface area contributed by atoms with Crippen molar-refractivity contribution >= 4 is 0 Å². The van der Waals surface area contributed by atoms with Crippen molar-refractivity contribution in [3.05, 3.63) is 66.2 Å². The van der Waals surface area contributed by atoms with Crippen LogP contribution in [0.25, 0.3) is 0 Å². The molecule has 25 heavy (non-hydrogen) atoms. The summed E-state index contributed by atoms with van der Waals surface area (Å²) in [5, 5.41) is 9.31. The molecule has 0 spiro atoms. The van der Waals surface area contributed by atoms with Gasteiger partial charge in [0.25, 0.3) is 0 Å². The summed E-state index contributed by atoms with van der Waals surface area (Å²) in [7, 11) is 1.62. The first-order valence-corrected chi connectivity index (χ1v) is 7.88. The smallest absolute Gasteiger partial charge is 0.137 e. The molecule has 2 rings (SSSR count). The molecule has 0 atom stereocenters. The first kappa shape index (κ1) is 18.4. The number of hydrogen-bond donors (Lipinski definition) is 0. The minimum atomic E-state index is 0.369. The van der Waals surface area contributed by atoms with E-state index in [-0.39, 0.29) is 0 Å². The van der Waals surface area contributed by atoms with Gasteiger partial charge in [-0.15, -0.1) is 6.58 Å². The molecule has 130 valence electrons. The number of ether oxygens (including phenoxy) is 4. The van der Waals surface area contributed by atoms with Crippen molar-refractivity contribution in [2.75, 3.05) is 26.9 Å². The van der Waals surface area contributed by atoms with E-state index in [2.05, 4.69) is 12.6 Å². The number of rotatable bonds is 10. The topological polar surface area (TPSA) is 60.7 Å². The Hall–Kier alpha value is -2.97. The highest BCUT2D eigenvalue weighted by Gasteiger charge is 2.06. The van der Waals surface area contributed by atoms with Crippen LogP contribution < -0.4 is 14.2 Å². The molecule has 0 unspecified atom stereocenters. The van der Waals surface area contributed by atoms with Crippen LogP contribution in [0.2, 0.25) is 0 Å². The maximum atomic E-state index is 9.31. The Balaban J connectivity index is 1.91. The summed E-state index contributed by atoms with van der Waals surface area (Å²) < 4.78 is 21.7. The molecule has 0 aromatic heterocycles. The molecule has 0 N–H and O–H groups in total. The number of hydrogen-bond acceptors (Lipinski definition) is 5. The van der Waals surface area contributed by atoms with E-state index >= 15 is 0 Å². The molecule has 0 radical (unpaired) electrons. The lowest BCUT2D eigenvalue weighted by Gasteiger charge is -2.11. The van der Waals surface area contributed by atoms with Gasteiger partial charge in [-0.3, -0.25) is 0 Å². The van der Waals surface area contributed by atoms with Gasteiger partial charge in [0, 0.05) is 6.07 Å². The summed E-state index contributed by atoms with van der Waals surface area (Å²) in [6.45, 7) is 5.30. The Morgan fingerprint density at radius 3 is 2.48 bits per heavy atom. The van der Waals surface area contributed by atoms with E-state index in [1.54, 1.807) is 31.4 Å². The van der Waals surface area contributed by atoms with Crippen molar-refractivity contribution in [3.63, 3.8) is 0 Å². The van der Waals surface area contributed by atoms with Gasteiger partial charge in [0.1, 0.15) is 36.5 Å². The molecule has 0 aliphatic carbocycles. The fourth-order valence-corrected chi connectivity index (χ4v) is 2.08. The van der Waals surface area contributed by atoms with Gasteiger partial charge in [-0.05, 0) is 29.8 Å². The molecule has 0 aliphatic heterocycles. The second-order valence-corrected chi connectivity index (χ2v) is 5.12. The van der Waals surface area contributed by atoms with Gasteiger partial charge < -0.3 is 18.9 Å². The molecule has 5 nitrogen and oxygen atoms in total. The highest BCUT2D eigenvalue weighted by molar-refractivity contribution is 5.47. The van der Waals surface area contributed by atoms with Crippen LogP contribution in [-0.4, -0.2) is 26.9 Å². The third-order valence-corrected chi connectivity index (χ3v) is 3.36. The lowest BCUT2D eigenvalue weighted by molar-refractivity contribution is 0.121. The van der Waals surface area contributed by atoms with Crippen molar-refractivity contribution in [2.24, 2.45) is 0 Å². The summed E-state index contributed by atoms with van der Waals surface area (Å²) in [4.78, 5) is 0. The number of nitriles is 1. The van der Waals surface area contributed by atoms with Crippen LogP contribution in [0.3, 0.4) is 0 Å². The van der Waals surface area contributed by atoms with E-state index in [0.29, 0.717) is 43.5 Å². The maximum Gasteiger partial charge on any atom is 0.137 e. The van der Waals surface area contributed by atoms with Gasteiger partial charge >= 0.3 is 0 Å². The van der Waals surface area contributed by atoms with Crippen molar-refractivity contribution in [2.45, 2.75) is 6.61 Å². The summed E-state index contributed by atoms with van der Waals surface area (Å²) in [6.07, 6.45) is 1.68. The molecule has 0 saturated carbocycles. The van der Waals surface area contributed by atoms with E-state index < -0.39 is 0 Å². The molecule has 0 amide bonds. The second-order valence-electron chi connectivity index (χ2n) is 5.12. The Labute approximate surface area is 148 Å². The lowest BCUT2D eigenvalue weighted by atomic mass is 10.2. The number of methoxy groups -OCH3 is 1. The fourth-order valence-electron chi connectivity index (χ4n) is 2.08. The highest BCUT2D eigenvalue weighted by Crippen LogP contribution is 2.24. The van der Waals surface area contributed by atoms with Gasteiger partial charge in [0.15, 0.2) is 0 Å². The standard InChI is InChI=1S/C20H21NO4/c1-3-10-23-11-12-24-19-8-9-20(17(13-19)14-21)25-15-16-4-6-18(22-2)7-5-16/h3-9,13H,1,10-12,15H2,2H3. The Bertz CT molecular complexity index is 719. The first-order chi connectivity index (χ1) is 12.3.